The Hall–Kier alpha value is -3.01. The summed E-state index contributed by atoms with van der Waals surface area (Å²) in [6.07, 6.45) is 1.43. The SMILES string of the molecule is CS(=O)(=O)c1cccc(N2CCCN(C(=O)c3ccccc3F)CC2)c1[N+](=O)[O-]. The lowest BCUT2D eigenvalue weighted by Gasteiger charge is -2.24. The molecule has 1 amide bonds. The average molecular weight is 421 g/mol. The van der Waals surface area contributed by atoms with Gasteiger partial charge in [-0.3, -0.25) is 14.9 Å². The number of rotatable bonds is 4. The number of nitro groups is 1. The van der Waals surface area contributed by atoms with E-state index in [1.54, 1.807) is 11.0 Å². The highest BCUT2D eigenvalue weighted by Gasteiger charge is 2.30. The standard InChI is InChI=1S/C19H20FN3O5S/c1-29(27,28)17-9-4-8-16(18(17)23(25)26)21-10-5-11-22(13-12-21)19(24)14-6-2-3-7-15(14)20/h2-4,6-9H,5,10-13H2,1H3. The topological polar surface area (TPSA) is 101 Å². The van der Waals surface area contributed by atoms with Crippen LogP contribution in [0.25, 0.3) is 0 Å². The summed E-state index contributed by atoms with van der Waals surface area (Å²) in [4.78, 5) is 26.4. The largest absolute Gasteiger partial charge is 0.364 e. The molecule has 29 heavy (non-hydrogen) atoms. The van der Waals surface area contributed by atoms with Crippen molar-refractivity contribution in [1.29, 1.82) is 0 Å². The Balaban J connectivity index is 1.88. The van der Waals surface area contributed by atoms with Crippen LogP contribution in [0.2, 0.25) is 0 Å². The molecule has 10 heteroatoms. The van der Waals surface area contributed by atoms with E-state index in [1.165, 1.54) is 41.3 Å². The number of anilines is 1. The molecule has 0 N–H and O–H groups in total. The fourth-order valence-corrected chi connectivity index (χ4v) is 4.27. The number of para-hydroxylation sites is 1. The number of halogens is 1. The molecule has 0 aliphatic carbocycles. The Morgan fingerprint density at radius 3 is 2.45 bits per heavy atom. The Kier molecular flexibility index (Phi) is 5.83. The van der Waals surface area contributed by atoms with Crippen molar-refractivity contribution in [2.45, 2.75) is 11.3 Å². The first kappa shape index (κ1) is 20.7. The zero-order valence-corrected chi connectivity index (χ0v) is 16.6. The quantitative estimate of drug-likeness (QED) is 0.555. The molecule has 8 nitrogen and oxygen atoms in total. The summed E-state index contributed by atoms with van der Waals surface area (Å²) in [5.74, 6) is -1.04. The van der Waals surface area contributed by atoms with Crippen LogP contribution in [-0.2, 0) is 9.84 Å². The summed E-state index contributed by atoms with van der Waals surface area (Å²) in [7, 11) is -3.79. The Morgan fingerprint density at radius 1 is 1.07 bits per heavy atom. The fraction of sp³-hybridized carbons (Fsp3) is 0.316. The van der Waals surface area contributed by atoms with Gasteiger partial charge in [0.1, 0.15) is 16.4 Å². The van der Waals surface area contributed by atoms with E-state index < -0.39 is 32.2 Å². The molecule has 2 aromatic carbocycles. The number of amides is 1. The van der Waals surface area contributed by atoms with Crippen molar-refractivity contribution >= 4 is 27.1 Å². The van der Waals surface area contributed by atoms with E-state index in [9.17, 15) is 27.7 Å². The fourth-order valence-electron chi connectivity index (χ4n) is 3.42. The van der Waals surface area contributed by atoms with Gasteiger partial charge in [-0.25, -0.2) is 12.8 Å². The van der Waals surface area contributed by atoms with Crippen molar-refractivity contribution < 1.29 is 22.5 Å². The Labute approximate surface area is 167 Å². The molecule has 0 spiro atoms. The third-order valence-electron chi connectivity index (χ3n) is 4.79. The first-order chi connectivity index (χ1) is 13.7. The summed E-state index contributed by atoms with van der Waals surface area (Å²) in [5, 5.41) is 11.6. The van der Waals surface area contributed by atoms with Crippen LogP contribution >= 0.6 is 0 Å². The maximum absolute atomic E-state index is 13.9. The monoisotopic (exact) mass is 421 g/mol. The second-order valence-corrected chi connectivity index (χ2v) is 8.75. The number of carbonyl (C=O) groups excluding carboxylic acids is 1. The van der Waals surface area contributed by atoms with Gasteiger partial charge in [0.2, 0.25) is 0 Å². The van der Waals surface area contributed by atoms with Gasteiger partial charge in [-0.15, -0.1) is 0 Å². The minimum Gasteiger partial charge on any atom is -0.364 e. The summed E-state index contributed by atoms with van der Waals surface area (Å²) in [6, 6.07) is 9.90. The molecule has 1 heterocycles. The van der Waals surface area contributed by atoms with Crippen molar-refractivity contribution in [2.24, 2.45) is 0 Å². The zero-order valence-electron chi connectivity index (χ0n) is 15.7. The van der Waals surface area contributed by atoms with Crippen molar-refractivity contribution in [3.05, 3.63) is 64.0 Å². The van der Waals surface area contributed by atoms with Crippen molar-refractivity contribution in [3.8, 4) is 0 Å². The maximum atomic E-state index is 13.9. The second-order valence-electron chi connectivity index (χ2n) is 6.77. The van der Waals surface area contributed by atoms with Crippen LogP contribution in [-0.4, -0.2) is 56.6 Å². The van der Waals surface area contributed by atoms with Gasteiger partial charge >= 0.3 is 5.69 Å². The molecule has 0 aromatic heterocycles. The number of hydrogen-bond acceptors (Lipinski definition) is 6. The molecule has 154 valence electrons. The summed E-state index contributed by atoms with van der Waals surface area (Å²) >= 11 is 0. The average Bonchev–Trinajstić information content (AvgIpc) is 2.92. The van der Waals surface area contributed by atoms with E-state index in [0.717, 1.165) is 6.26 Å². The van der Waals surface area contributed by atoms with E-state index in [4.69, 9.17) is 0 Å². The molecule has 2 aromatic rings. The number of carbonyl (C=O) groups is 1. The van der Waals surface area contributed by atoms with Gasteiger partial charge in [-0.05, 0) is 30.7 Å². The van der Waals surface area contributed by atoms with Crippen molar-refractivity contribution in [2.75, 3.05) is 37.3 Å². The third-order valence-corrected chi connectivity index (χ3v) is 5.92. The van der Waals surface area contributed by atoms with Gasteiger partial charge in [-0.2, -0.15) is 0 Å². The molecule has 1 fully saturated rings. The predicted molar refractivity (Wildman–Crippen MR) is 105 cm³/mol. The highest BCUT2D eigenvalue weighted by atomic mass is 32.2. The van der Waals surface area contributed by atoms with Crippen LogP contribution in [0.4, 0.5) is 15.8 Å². The molecule has 0 unspecified atom stereocenters. The lowest BCUT2D eigenvalue weighted by atomic mass is 10.2. The number of nitrogens with zero attached hydrogens (tertiary/aromatic N) is 3. The van der Waals surface area contributed by atoms with Crippen LogP contribution in [0.5, 0.6) is 0 Å². The number of nitro benzene ring substituents is 1. The first-order valence-corrected chi connectivity index (χ1v) is 10.9. The molecule has 0 bridgehead atoms. The van der Waals surface area contributed by atoms with Crippen LogP contribution in [0.15, 0.2) is 47.4 Å². The molecule has 3 rings (SSSR count). The van der Waals surface area contributed by atoms with E-state index in [0.29, 0.717) is 19.5 Å². The van der Waals surface area contributed by atoms with Crippen LogP contribution < -0.4 is 4.90 Å². The lowest BCUT2D eigenvalue weighted by Crippen LogP contribution is -2.35. The zero-order chi connectivity index (χ0) is 21.2. The summed E-state index contributed by atoms with van der Waals surface area (Å²) in [5.41, 5.74) is -0.298. The Morgan fingerprint density at radius 2 is 1.79 bits per heavy atom. The van der Waals surface area contributed by atoms with Gasteiger partial charge in [0.15, 0.2) is 9.84 Å². The number of benzene rings is 2. The number of sulfone groups is 1. The first-order valence-electron chi connectivity index (χ1n) is 8.96. The lowest BCUT2D eigenvalue weighted by molar-refractivity contribution is -0.387. The van der Waals surface area contributed by atoms with Crippen molar-refractivity contribution in [3.63, 3.8) is 0 Å². The summed E-state index contributed by atoms with van der Waals surface area (Å²) < 4.78 is 37.9. The van der Waals surface area contributed by atoms with Crippen LogP contribution in [0.3, 0.4) is 0 Å². The highest BCUT2D eigenvalue weighted by molar-refractivity contribution is 7.90. The Bertz CT molecular complexity index is 1060. The van der Waals surface area contributed by atoms with E-state index in [-0.39, 0.29) is 29.2 Å². The van der Waals surface area contributed by atoms with Crippen LogP contribution in [0, 0.1) is 15.9 Å². The highest BCUT2D eigenvalue weighted by Crippen LogP contribution is 2.35. The predicted octanol–water partition coefficient (Wildman–Crippen LogP) is 2.49. The smallest absolute Gasteiger partial charge is 0.311 e. The van der Waals surface area contributed by atoms with Gasteiger partial charge in [0.05, 0.1) is 10.5 Å². The van der Waals surface area contributed by atoms with Gasteiger partial charge in [0.25, 0.3) is 5.91 Å². The molecule has 1 aliphatic heterocycles. The normalized spacial score (nSPS) is 15.1. The van der Waals surface area contributed by atoms with Gasteiger partial charge < -0.3 is 9.80 Å². The molecule has 1 saturated heterocycles. The van der Waals surface area contributed by atoms with E-state index in [1.807, 2.05) is 0 Å². The minimum absolute atomic E-state index is 0.0222. The van der Waals surface area contributed by atoms with E-state index in [2.05, 4.69) is 0 Å². The molecule has 0 radical (unpaired) electrons. The molecule has 1 aliphatic rings. The van der Waals surface area contributed by atoms with E-state index >= 15 is 0 Å². The maximum Gasteiger partial charge on any atom is 0.311 e. The van der Waals surface area contributed by atoms with Crippen LogP contribution in [0.1, 0.15) is 16.8 Å². The molecular formula is C19H20FN3O5S. The summed E-state index contributed by atoms with van der Waals surface area (Å²) in [6.45, 7) is 1.25. The molecule has 0 saturated carbocycles. The van der Waals surface area contributed by atoms with Gasteiger partial charge in [0, 0.05) is 32.4 Å². The second kappa shape index (κ2) is 8.16. The molecule has 0 atom stereocenters. The number of hydrogen-bond donors (Lipinski definition) is 0. The molecular weight excluding hydrogens is 401 g/mol. The minimum atomic E-state index is -3.79. The van der Waals surface area contributed by atoms with Crippen molar-refractivity contribution in [1.82, 2.24) is 4.90 Å². The third kappa shape index (κ3) is 4.37. The van der Waals surface area contributed by atoms with Gasteiger partial charge in [-0.1, -0.05) is 18.2 Å².